The van der Waals surface area contributed by atoms with Gasteiger partial charge in [-0.05, 0) is 44.0 Å². The van der Waals surface area contributed by atoms with E-state index in [4.69, 9.17) is 0 Å². The van der Waals surface area contributed by atoms with Crippen molar-refractivity contribution >= 4 is 26.5 Å². The minimum atomic E-state index is -4.33. The molecule has 0 heterocycles. The molecule has 0 fully saturated rings. The van der Waals surface area contributed by atoms with E-state index in [1.807, 2.05) is 12.1 Å². The van der Waals surface area contributed by atoms with Gasteiger partial charge >= 0.3 is 59.1 Å². The Morgan fingerprint density at radius 1 is 0.640 bits per heavy atom. The third-order valence-corrected chi connectivity index (χ3v) is 7.17. The van der Waals surface area contributed by atoms with E-state index in [0.717, 1.165) is 25.4 Å². The van der Waals surface area contributed by atoms with Crippen LogP contribution in [0.4, 0.5) is 0 Å². The van der Waals surface area contributed by atoms with Gasteiger partial charge in [0.2, 0.25) is 0 Å². The van der Waals surface area contributed by atoms with Crippen LogP contribution in [0.5, 0.6) is 0 Å². The first-order valence-electron chi connectivity index (χ1n) is 7.95. The van der Waals surface area contributed by atoms with Crippen LogP contribution >= 0.6 is 15.9 Å². The van der Waals surface area contributed by atoms with E-state index < -0.39 is 7.94 Å². The summed E-state index contributed by atoms with van der Waals surface area (Å²) >= 11 is 0. The molecule has 0 unspecified atom stereocenters. The van der Waals surface area contributed by atoms with Crippen LogP contribution in [0.3, 0.4) is 0 Å². The molecule has 0 amide bonds. The topological polar surface area (TPSA) is 69.2 Å². The zero-order valence-electron chi connectivity index (χ0n) is 15.1. The van der Waals surface area contributed by atoms with E-state index in [9.17, 15) is 14.7 Å². The van der Waals surface area contributed by atoms with E-state index in [1.54, 1.807) is 0 Å². The summed E-state index contributed by atoms with van der Waals surface area (Å²) in [6.07, 6.45) is 4.20. The fourth-order valence-corrected chi connectivity index (χ4v) is 5.58. The Balaban J connectivity index is 0.00000288. The van der Waals surface area contributed by atoms with Crippen molar-refractivity contribution in [3.05, 3.63) is 60.7 Å². The fourth-order valence-electron chi connectivity index (χ4n) is 2.55. The van der Waals surface area contributed by atoms with Crippen molar-refractivity contribution in [3.8, 4) is 0 Å². The number of hydrogen-bond acceptors (Lipinski definition) is 3. The van der Waals surface area contributed by atoms with Gasteiger partial charge in [0, 0.05) is 6.16 Å². The standard InChI is InChI=1S/C18H24O3P2.2Na/c19-23(20,21)16-10-2-1-9-15-22(17-11-5-3-6-12-17)18-13-7-4-8-14-18;;/h3-8,11-14H,1-2,9-10,15-16H2,(H2,19,20,21);;/q;2*+1/p-2. The van der Waals surface area contributed by atoms with Gasteiger partial charge in [0.25, 0.3) is 0 Å². The number of rotatable bonds is 9. The van der Waals surface area contributed by atoms with E-state index in [-0.39, 0.29) is 73.2 Å². The number of unbranched alkanes of at least 4 members (excludes halogenated alkanes) is 3. The van der Waals surface area contributed by atoms with Gasteiger partial charge in [-0.1, -0.05) is 67.1 Å². The Hall–Kier alpha value is 1.18. The number of hydrogen-bond donors (Lipinski definition) is 0. The molecule has 0 bridgehead atoms. The summed E-state index contributed by atoms with van der Waals surface area (Å²) in [6, 6.07) is 21.1. The number of benzene rings is 2. The van der Waals surface area contributed by atoms with Crippen molar-refractivity contribution in [2.45, 2.75) is 25.7 Å². The van der Waals surface area contributed by atoms with Gasteiger partial charge in [-0.25, -0.2) is 0 Å². The second kappa shape index (κ2) is 14.2. The summed E-state index contributed by atoms with van der Waals surface area (Å²) in [7, 11) is -4.70. The summed E-state index contributed by atoms with van der Waals surface area (Å²) in [4.78, 5) is 31.9. The average Bonchev–Trinajstić information content (AvgIpc) is 2.55. The van der Waals surface area contributed by atoms with Crippen LogP contribution in [0.2, 0.25) is 0 Å². The molecule has 0 N–H and O–H groups in total. The Morgan fingerprint density at radius 2 is 1.08 bits per heavy atom. The third kappa shape index (κ3) is 10.9. The smallest absolute Gasteiger partial charge is 0.688 e. The van der Waals surface area contributed by atoms with Crippen LogP contribution < -0.4 is 84.4 Å². The minimum Gasteiger partial charge on any atom is -0.688 e. The summed E-state index contributed by atoms with van der Waals surface area (Å²) in [5, 5.41) is 2.75. The minimum absolute atomic E-state index is 0. The maximum atomic E-state index is 10.6. The van der Waals surface area contributed by atoms with Crippen LogP contribution in [0.1, 0.15) is 25.7 Å². The maximum Gasteiger partial charge on any atom is 1.00 e. The second-order valence-corrected chi connectivity index (χ2v) is 9.58. The van der Waals surface area contributed by atoms with Gasteiger partial charge in [-0.2, -0.15) is 7.94 Å². The Bertz CT molecular complexity index is 526. The van der Waals surface area contributed by atoms with Crippen LogP contribution in [0, 0.1) is 0 Å². The second-order valence-electron chi connectivity index (χ2n) is 5.57. The Morgan fingerprint density at radius 3 is 1.52 bits per heavy atom. The molecule has 2 aromatic carbocycles. The first-order valence-corrected chi connectivity index (χ1v) is 11.2. The zero-order chi connectivity index (χ0) is 16.5. The van der Waals surface area contributed by atoms with E-state index >= 15 is 0 Å². The van der Waals surface area contributed by atoms with E-state index in [2.05, 4.69) is 48.5 Å². The normalized spacial score (nSPS) is 10.9. The quantitative estimate of drug-likeness (QED) is 0.245. The molecule has 124 valence electrons. The van der Waals surface area contributed by atoms with E-state index in [0.29, 0.717) is 6.42 Å². The van der Waals surface area contributed by atoms with Gasteiger partial charge in [0.05, 0.1) is 0 Å². The predicted molar refractivity (Wildman–Crippen MR) is 94.2 cm³/mol. The molecule has 0 radical (unpaired) electrons. The molecule has 0 atom stereocenters. The van der Waals surface area contributed by atoms with Crippen LogP contribution in [-0.4, -0.2) is 12.3 Å². The SMILES string of the molecule is [Na+].[Na+].[O-][P+]([O-])([O-])CCCCCCP(c1ccccc1)c1ccccc1. The zero-order valence-corrected chi connectivity index (χ0v) is 20.9. The molecule has 2 aromatic rings. The molecular weight excluding hydrogens is 372 g/mol. The average molecular weight is 394 g/mol. The third-order valence-electron chi connectivity index (χ3n) is 3.70. The largest absolute Gasteiger partial charge is 1.00 e. The van der Waals surface area contributed by atoms with Crippen LogP contribution in [0.15, 0.2) is 60.7 Å². The van der Waals surface area contributed by atoms with Gasteiger partial charge in [-0.15, -0.1) is 0 Å². The van der Waals surface area contributed by atoms with Gasteiger partial charge < -0.3 is 14.7 Å². The monoisotopic (exact) mass is 394 g/mol. The van der Waals surface area contributed by atoms with Crippen molar-refractivity contribution in [1.82, 2.24) is 0 Å². The predicted octanol–water partition coefficient (Wildman–Crippen LogP) is -4.47. The van der Waals surface area contributed by atoms with Gasteiger partial charge in [-0.3, -0.25) is 0 Å². The van der Waals surface area contributed by atoms with E-state index in [1.165, 1.54) is 10.6 Å². The Kier molecular flexibility index (Phi) is 14.9. The van der Waals surface area contributed by atoms with Gasteiger partial charge in [0.1, 0.15) is 0 Å². The molecule has 0 aliphatic heterocycles. The molecule has 3 nitrogen and oxygen atoms in total. The molecule has 2 rings (SSSR count). The van der Waals surface area contributed by atoms with Crippen molar-refractivity contribution < 1.29 is 73.8 Å². The molecule has 0 saturated heterocycles. The summed E-state index contributed by atoms with van der Waals surface area (Å²) in [5.74, 6) is 0. The van der Waals surface area contributed by atoms with Crippen LogP contribution in [-0.2, 0) is 0 Å². The molecule has 0 aromatic heterocycles. The van der Waals surface area contributed by atoms with Crippen molar-refractivity contribution in [2.75, 3.05) is 12.3 Å². The molecular formula is C18H22Na2O3P2. The van der Waals surface area contributed by atoms with Gasteiger partial charge in [0.15, 0.2) is 0 Å². The summed E-state index contributed by atoms with van der Waals surface area (Å²) in [5.41, 5.74) is 0. The molecule has 25 heavy (non-hydrogen) atoms. The fraction of sp³-hybridized carbons (Fsp3) is 0.333. The molecule has 0 spiro atoms. The summed E-state index contributed by atoms with van der Waals surface area (Å²) in [6.45, 7) is 0. The van der Waals surface area contributed by atoms with Crippen molar-refractivity contribution in [2.24, 2.45) is 0 Å². The summed E-state index contributed by atoms with van der Waals surface area (Å²) < 4.78 is 0. The first kappa shape index (κ1) is 26.2. The Labute approximate surface area is 197 Å². The molecule has 0 aliphatic rings. The van der Waals surface area contributed by atoms with Crippen molar-refractivity contribution in [3.63, 3.8) is 0 Å². The maximum absolute atomic E-state index is 10.6. The molecule has 0 aliphatic carbocycles. The molecule has 7 heteroatoms. The first-order chi connectivity index (χ1) is 11.1. The molecule has 0 saturated carbocycles. The van der Waals surface area contributed by atoms with Crippen molar-refractivity contribution in [1.29, 1.82) is 0 Å². The van der Waals surface area contributed by atoms with Crippen LogP contribution in [0.25, 0.3) is 0 Å².